The molecule has 2 N–H and O–H groups in total. The lowest BCUT2D eigenvalue weighted by atomic mass is 9.80. The van der Waals surface area contributed by atoms with Crippen LogP contribution in [0.5, 0.6) is 5.75 Å². The molecule has 0 fully saturated rings. The molecule has 0 saturated heterocycles. The predicted octanol–water partition coefficient (Wildman–Crippen LogP) is 0.875. The zero-order valence-corrected chi connectivity index (χ0v) is 9.91. The van der Waals surface area contributed by atoms with Gasteiger partial charge in [-0.3, -0.25) is 0 Å². The van der Waals surface area contributed by atoms with Crippen molar-refractivity contribution in [2.24, 2.45) is 0 Å². The Morgan fingerprint density at radius 1 is 1.27 bits per heavy atom. The van der Waals surface area contributed by atoms with Crippen LogP contribution in [0.15, 0.2) is 23.1 Å². The van der Waals surface area contributed by atoms with Crippen molar-refractivity contribution in [3.63, 3.8) is 0 Å². The van der Waals surface area contributed by atoms with Crippen molar-refractivity contribution in [3.05, 3.63) is 18.2 Å². The highest BCUT2D eigenvalue weighted by molar-refractivity contribution is 7.98. The highest BCUT2D eigenvalue weighted by Gasteiger charge is 2.13. The Bertz CT molecular complexity index is 328. The second kappa shape index (κ2) is 5.44. The first-order chi connectivity index (χ1) is 7.02. The van der Waals surface area contributed by atoms with E-state index >= 15 is 0 Å². The summed E-state index contributed by atoms with van der Waals surface area (Å²) in [6.45, 7) is 3.86. The summed E-state index contributed by atoms with van der Waals surface area (Å²) in [6, 6.07) is 5.27. The molecule has 1 aromatic carbocycles. The van der Waals surface area contributed by atoms with Crippen LogP contribution < -0.4 is 10.2 Å². The molecule has 1 aromatic rings. The van der Waals surface area contributed by atoms with Gasteiger partial charge in [-0.1, -0.05) is 0 Å². The van der Waals surface area contributed by atoms with Gasteiger partial charge in [0.1, 0.15) is 5.75 Å². The van der Waals surface area contributed by atoms with E-state index in [1.807, 2.05) is 26.2 Å². The molecular formula is C10H15BO3S. The summed E-state index contributed by atoms with van der Waals surface area (Å²) in [5, 5.41) is 18.2. The number of hydrogen-bond donors (Lipinski definition) is 2. The smallest absolute Gasteiger partial charge is 0.488 e. The molecule has 0 bridgehead atoms. The van der Waals surface area contributed by atoms with E-state index in [1.165, 1.54) is 11.8 Å². The van der Waals surface area contributed by atoms with Gasteiger partial charge in [0.25, 0.3) is 0 Å². The largest absolute Gasteiger partial charge is 0.491 e. The fourth-order valence-corrected chi connectivity index (χ4v) is 1.69. The van der Waals surface area contributed by atoms with Crippen molar-refractivity contribution in [3.8, 4) is 5.75 Å². The van der Waals surface area contributed by atoms with Gasteiger partial charge in [-0.2, -0.15) is 0 Å². The van der Waals surface area contributed by atoms with Gasteiger partial charge in [-0.25, -0.2) is 0 Å². The molecule has 82 valence electrons. The summed E-state index contributed by atoms with van der Waals surface area (Å²) < 4.78 is 5.51. The van der Waals surface area contributed by atoms with Crippen molar-refractivity contribution >= 4 is 24.3 Å². The van der Waals surface area contributed by atoms with Gasteiger partial charge in [0.15, 0.2) is 0 Å². The summed E-state index contributed by atoms with van der Waals surface area (Å²) in [4.78, 5) is 0.955. The third kappa shape index (κ3) is 3.78. The molecule has 0 radical (unpaired) electrons. The molecule has 0 aliphatic rings. The molecule has 5 heteroatoms. The average Bonchev–Trinajstić information content (AvgIpc) is 2.16. The second-order valence-electron chi connectivity index (χ2n) is 3.48. The van der Waals surface area contributed by atoms with Crippen LogP contribution >= 0.6 is 11.8 Å². The molecule has 0 aliphatic carbocycles. The molecule has 0 heterocycles. The molecule has 0 amide bonds. The van der Waals surface area contributed by atoms with Crippen LogP contribution in [0, 0.1) is 0 Å². The maximum absolute atomic E-state index is 9.09. The summed E-state index contributed by atoms with van der Waals surface area (Å²) >= 11 is 1.54. The van der Waals surface area contributed by atoms with Gasteiger partial charge in [0.05, 0.1) is 6.10 Å². The molecule has 0 spiro atoms. The summed E-state index contributed by atoms with van der Waals surface area (Å²) in [7, 11) is -1.45. The van der Waals surface area contributed by atoms with Gasteiger partial charge in [-0.15, -0.1) is 11.8 Å². The molecule has 0 unspecified atom stereocenters. The number of ether oxygens (including phenoxy) is 1. The standard InChI is InChI=1S/C10H15BO3S/c1-7(2)14-9-4-8(11(12)13)5-10(6-9)15-3/h4-7,12-13H,1-3H3. The zero-order valence-electron chi connectivity index (χ0n) is 9.10. The Labute approximate surface area is 94.6 Å². The Kier molecular flexibility index (Phi) is 4.51. The summed E-state index contributed by atoms with van der Waals surface area (Å²) in [5.74, 6) is 0.667. The van der Waals surface area contributed by atoms with Crippen LogP contribution in [0.25, 0.3) is 0 Å². The van der Waals surface area contributed by atoms with Gasteiger partial charge >= 0.3 is 7.12 Å². The molecule has 3 nitrogen and oxygen atoms in total. The Morgan fingerprint density at radius 2 is 1.93 bits per heavy atom. The quantitative estimate of drug-likeness (QED) is 0.591. The van der Waals surface area contributed by atoms with Crippen molar-refractivity contribution in [2.75, 3.05) is 6.26 Å². The van der Waals surface area contributed by atoms with Crippen molar-refractivity contribution in [1.29, 1.82) is 0 Å². The summed E-state index contributed by atoms with van der Waals surface area (Å²) in [5.41, 5.74) is 0.456. The fourth-order valence-electron chi connectivity index (χ4n) is 1.20. The van der Waals surface area contributed by atoms with E-state index in [0.29, 0.717) is 11.2 Å². The van der Waals surface area contributed by atoms with E-state index in [1.54, 1.807) is 12.1 Å². The number of thioether (sulfide) groups is 1. The van der Waals surface area contributed by atoms with E-state index < -0.39 is 7.12 Å². The minimum atomic E-state index is -1.45. The van der Waals surface area contributed by atoms with Crippen LogP contribution in [0.3, 0.4) is 0 Å². The van der Waals surface area contributed by atoms with E-state index in [9.17, 15) is 0 Å². The highest BCUT2D eigenvalue weighted by atomic mass is 32.2. The Morgan fingerprint density at radius 3 is 2.40 bits per heavy atom. The summed E-state index contributed by atoms with van der Waals surface area (Å²) in [6.07, 6.45) is 2.01. The molecule has 0 saturated carbocycles. The highest BCUT2D eigenvalue weighted by Crippen LogP contribution is 2.20. The molecule has 0 atom stereocenters. The fraction of sp³-hybridized carbons (Fsp3) is 0.400. The topological polar surface area (TPSA) is 49.7 Å². The van der Waals surface area contributed by atoms with Crippen LogP contribution in [0.4, 0.5) is 0 Å². The third-order valence-corrected chi connectivity index (χ3v) is 2.52. The number of benzene rings is 1. The molecule has 15 heavy (non-hydrogen) atoms. The second-order valence-corrected chi connectivity index (χ2v) is 4.36. The van der Waals surface area contributed by atoms with Gasteiger partial charge in [0.2, 0.25) is 0 Å². The first kappa shape index (κ1) is 12.4. The lowest BCUT2D eigenvalue weighted by Gasteiger charge is -2.12. The van der Waals surface area contributed by atoms with E-state index in [-0.39, 0.29) is 6.10 Å². The first-order valence-corrected chi connectivity index (χ1v) is 5.97. The average molecular weight is 226 g/mol. The van der Waals surface area contributed by atoms with Crippen molar-refractivity contribution in [1.82, 2.24) is 0 Å². The van der Waals surface area contributed by atoms with Gasteiger partial charge < -0.3 is 14.8 Å². The van der Waals surface area contributed by atoms with Crippen LogP contribution in [-0.4, -0.2) is 29.5 Å². The SMILES string of the molecule is CSc1cc(OC(C)C)cc(B(O)O)c1. The molecule has 0 aromatic heterocycles. The van der Waals surface area contributed by atoms with Crippen LogP contribution in [0.1, 0.15) is 13.8 Å². The number of rotatable bonds is 4. The normalized spacial score (nSPS) is 10.5. The molecule has 1 rings (SSSR count). The maximum atomic E-state index is 9.09. The molecule has 0 aliphatic heterocycles. The van der Waals surface area contributed by atoms with Gasteiger partial charge in [0, 0.05) is 4.90 Å². The molecular weight excluding hydrogens is 211 g/mol. The zero-order chi connectivity index (χ0) is 11.4. The Hall–Kier alpha value is -0.645. The predicted molar refractivity (Wildman–Crippen MR) is 63.8 cm³/mol. The van der Waals surface area contributed by atoms with Crippen LogP contribution in [0.2, 0.25) is 0 Å². The maximum Gasteiger partial charge on any atom is 0.488 e. The monoisotopic (exact) mass is 226 g/mol. The van der Waals surface area contributed by atoms with E-state index in [2.05, 4.69) is 0 Å². The third-order valence-electron chi connectivity index (χ3n) is 1.81. The number of hydrogen-bond acceptors (Lipinski definition) is 4. The first-order valence-electron chi connectivity index (χ1n) is 4.74. The minimum Gasteiger partial charge on any atom is -0.491 e. The van der Waals surface area contributed by atoms with E-state index in [0.717, 1.165) is 4.90 Å². The Balaban J connectivity index is 3.00. The van der Waals surface area contributed by atoms with E-state index in [4.69, 9.17) is 14.8 Å². The van der Waals surface area contributed by atoms with Crippen molar-refractivity contribution in [2.45, 2.75) is 24.8 Å². The lowest BCUT2D eigenvalue weighted by Crippen LogP contribution is -2.30. The van der Waals surface area contributed by atoms with Crippen LogP contribution in [-0.2, 0) is 0 Å². The minimum absolute atomic E-state index is 0.0748. The van der Waals surface area contributed by atoms with Crippen molar-refractivity contribution < 1.29 is 14.8 Å². The van der Waals surface area contributed by atoms with Gasteiger partial charge in [-0.05, 0) is 43.8 Å². The lowest BCUT2D eigenvalue weighted by molar-refractivity contribution is 0.242.